The molecule has 2 aromatic carbocycles. The number of hydrogen-bond donors (Lipinski definition) is 1. The number of halogens is 1. The highest BCUT2D eigenvalue weighted by Crippen LogP contribution is 2.36. The van der Waals surface area contributed by atoms with Crippen molar-refractivity contribution in [3.05, 3.63) is 69.2 Å². The summed E-state index contributed by atoms with van der Waals surface area (Å²) in [6, 6.07) is 12.7. The van der Waals surface area contributed by atoms with Crippen molar-refractivity contribution in [2.24, 2.45) is 7.05 Å². The molecule has 0 aliphatic carbocycles. The predicted molar refractivity (Wildman–Crippen MR) is 108 cm³/mol. The zero-order valence-corrected chi connectivity index (χ0v) is 16.8. The van der Waals surface area contributed by atoms with E-state index in [1.54, 1.807) is 26.1 Å². The van der Waals surface area contributed by atoms with Gasteiger partial charge in [-0.25, -0.2) is 9.89 Å². The SMILES string of the molecule is Cc1nc(-c2cccc(-c3cc(C#N)c(Cl)cc3OCc3n[nH]c(=O)n3C)c2)no1. The minimum Gasteiger partial charge on any atom is -0.485 e. The summed E-state index contributed by atoms with van der Waals surface area (Å²) in [6.45, 7) is 1.75. The van der Waals surface area contributed by atoms with Gasteiger partial charge in [0.2, 0.25) is 11.7 Å². The minimum atomic E-state index is -0.338. The maximum absolute atomic E-state index is 11.6. The fourth-order valence-electron chi connectivity index (χ4n) is 2.88. The summed E-state index contributed by atoms with van der Waals surface area (Å²) in [5.74, 6) is 1.78. The van der Waals surface area contributed by atoms with Crippen LogP contribution in [0.15, 0.2) is 45.7 Å². The first kappa shape index (κ1) is 19.4. The maximum atomic E-state index is 11.6. The number of aromatic amines is 1. The van der Waals surface area contributed by atoms with E-state index in [-0.39, 0.29) is 17.3 Å². The molecule has 0 fully saturated rings. The molecular formula is C20H15ClN6O3. The maximum Gasteiger partial charge on any atom is 0.343 e. The van der Waals surface area contributed by atoms with Crippen LogP contribution in [0, 0.1) is 18.3 Å². The molecule has 4 aromatic rings. The van der Waals surface area contributed by atoms with Gasteiger partial charge in [0.05, 0.1) is 10.6 Å². The van der Waals surface area contributed by atoms with Crippen LogP contribution in [0.1, 0.15) is 17.3 Å². The Labute approximate surface area is 175 Å². The molecule has 4 rings (SSSR count). The van der Waals surface area contributed by atoms with Crippen LogP contribution in [-0.2, 0) is 13.7 Å². The van der Waals surface area contributed by atoms with Gasteiger partial charge in [0, 0.05) is 31.2 Å². The first-order chi connectivity index (χ1) is 14.5. The van der Waals surface area contributed by atoms with Gasteiger partial charge in [-0.3, -0.25) is 4.57 Å². The fourth-order valence-corrected chi connectivity index (χ4v) is 3.07. The van der Waals surface area contributed by atoms with Gasteiger partial charge >= 0.3 is 5.69 Å². The Bertz CT molecular complexity index is 1330. The molecule has 0 spiro atoms. The second kappa shape index (κ2) is 7.85. The molecule has 0 aliphatic heterocycles. The molecular weight excluding hydrogens is 408 g/mol. The topological polar surface area (TPSA) is 123 Å². The third kappa shape index (κ3) is 3.68. The fraction of sp³-hybridized carbons (Fsp3) is 0.150. The van der Waals surface area contributed by atoms with E-state index in [0.29, 0.717) is 34.4 Å². The van der Waals surface area contributed by atoms with Gasteiger partial charge in [0.25, 0.3) is 0 Å². The van der Waals surface area contributed by atoms with Gasteiger partial charge in [0.15, 0.2) is 5.82 Å². The molecule has 30 heavy (non-hydrogen) atoms. The lowest BCUT2D eigenvalue weighted by Crippen LogP contribution is -2.15. The molecule has 0 radical (unpaired) electrons. The zero-order chi connectivity index (χ0) is 21.3. The largest absolute Gasteiger partial charge is 0.485 e. The van der Waals surface area contributed by atoms with Crippen LogP contribution in [0.4, 0.5) is 0 Å². The normalized spacial score (nSPS) is 10.7. The van der Waals surface area contributed by atoms with Crippen molar-refractivity contribution in [1.82, 2.24) is 24.9 Å². The number of rotatable bonds is 5. The predicted octanol–water partition coefficient (Wildman–Crippen LogP) is 3.24. The Morgan fingerprint density at radius 1 is 1.30 bits per heavy atom. The minimum absolute atomic E-state index is 0.0359. The van der Waals surface area contributed by atoms with E-state index in [9.17, 15) is 10.1 Å². The van der Waals surface area contributed by atoms with Gasteiger partial charge in [0.1, 0.15) is 18.4 Å². The third-order valence-corrected chi connectivity index (χ3v) is 4.79. The van der Waals surface area contributed by atoms with Crippen LogP contribution in [0.25, 0.3) is 22.5 Å². The average Bonchev–Trinajstić information content (AvgIpc) is 3.32. The summed E-state index contributed by atoms with van der Waals surface area (Å²) in [6.07, 6.45) is 0. The Morgan fingerprint density at radius 2 is 2.10 bits per heavy atom. The average molecular weight is 423 g/mol. The molecule has 0 saturated heterocycles. The van der Waals surface area contributed by atoms with Crippen molar-refractivity contribution >= 4 is 11.6 Å². The number of hydrogen-bond acceptors (Lipinski definition) is 7. The first-order valence-corrected chi connectivity index (χ1v) is 9.22. The highest BCUT2D eigenvalue weighted by atomic mass is 35.5. The summed E-state index contributed by atoms with van der Waals surface area (Å²) in [7, 11) is 1.59. The number of nitrogens with one attached hydrogen (secondary N) is 1. The summed E-state index contributed by atoms with van der Waals surface area (Å²) in [4.78, 5) is 15.8. The molecule has 0 aliphatic rings. The highest BCUT2D eigenvalue weighted by molar-refractivity contribution is 6.32. The molecule has 10 heteroatoms. The molecule has 2 aromatic heterocycles. The number of benzene rings is 2. The lowest BCUT2D eigenvalue weighted by Gasteiger charge is -2.13. The Hall–Kier alpha value is -3.90. The highest BCUT2D eigenvalue weighted by Gasteiger charge is 2.15. The number of aryl methyl sites for hydroxylation is 1. The van der Waals surface area contributed by atoms with Crippen molar-refractivity contribution in [3.63, 3.8) is 0 Å². The molecule has 150 valence electrons. The molecule has 0 unspecified atom stereocenters. The van der Waals surface area contributed by atoms with Gasteiger partial charge < -0.3 is 9.26 Å². The van der Waals surface area contributed by atoms with Gasteiger partial charge in [-0.2, -0.15) is 15.3 Å². The monoisotopic (exact) mass is 422 g/mol. The van der Waals surface area contributed by atoms with E-state index in [4.69, 9.17) is 20.9 Å². The molecule has 0 saturated carbocycles. The smallest absolute Gasteiger partial charge is 0.343 e. The molecule has 1 N–H and O–H groups in total. The van der Waals surface area contributed by atoms with Crippen molar-refractivity contribution in [1.29, 1.82) is 5.26 Å². The van der Waals surface area contributed by atoms with E-state index < -0.39 is 0 Å². The van der Waals surface area contributed by atoms with Crippen LogP contribution < -0.4 is 10.4 Å². The Morgan fingerprint density at radius 3 is 2.77 bits per heavy atom. The lowest BCUT2D eigenvalue weighted by atomic mass is 10.00. The van der Waals surface area contributed by atoms with Gasteiger partial charge in [-0.15, -0.1) is 0 Å². The van der Waals surface area contributed by atoms with E-state index in [0.717, 1.165) is 11.1 Å². The van der Waals surface area contributed by atoms with Gasteiger partial charge in [-0.05, 0) is 17.7 Å². The third-order valence-electron chi connectivity index (χ3n) is 4.48. The molecule has 9 nitrogen and oxygen atoms in total. The molecule has 0 bridgehead atoms. The second-order valence-electron chi connectivity index (χ2n) is 6.45. The number of H-pyrrole nitrogens is 1. The number of aromatic nitrogens is 5. The first-order valence-electron chi connectivity index (χ1n) is 8.84. The molecule has 0 atom stereocenters. The Balaban J connectivity index is 1.76. The van der Waals surface area contributed by atoms with Crippen molar-refractivity contribution < 1.29 is 9.26 Å². The number of nitrogens with zero attached hydrogens (tertiary/aromatic N) is 5. The van der Waals surface area contributed by atoms with Crippen molar-refractivity contribution in [2.75, 3.05) is 0 Å². The van der Waals surface area contributed by atoms with Gasteiger partial charge in [-0.1, -0.05) is 35.0 Å². The van der Waals surface area contributed by atoms with E-state index in [1.165, 1.54) is 4.57 Å². The second-order valence-corrected chi connectivity index (χ2v) is 6.86. The van der Waals surface area contributed by atoms with Crippen molar-refractivity contribution in [2.45, 2.75) is 13.5 Å². The number of ether oxygens (including phenoxy) is 1. The van der Waals surface area contributed by atoms with Crippen LogP contribution in [0.3, 0.4) is 0 Å². The standard InChI is InChI=1S/C20H15ClN6O3/c1-11-23-19(26-30-11)13-5-3-4-12(6-13)15-7-14(9-22)16(21)8-17(15)29-10-18-24-25-20(28)27(18)2/h3-8H,10H2,1-2H3,(H,25,28). The van der Waals surface area contributed by atoms with E-state index in [2.05, 4.69) is 26.4 Å². The molecule has 2 heterocycles. The van der Waals surface area contributed by atoms with Crippen LogP contribution in [0.5, 0.6) is 5.75 Å². The quantitative estimate of drug-likeness (QED) is 0.523. The molecule has 0 amide bonds. The van der Waals surface area contributed by atoms with Crippen molar-refractivity contribution in [3.8, 4) is 34.3 Å². The van der Waals surface area contributed by atoms with Crippen LogP contribution in [-0.4, -0.2) is 24.9 Å². The lowest BCUT2D eigenvalue weighted by molar-refractivity contribution is 0.292. The summed E-state index contributed by atoms with van der Waals surface area (Å²) in [5, 5.41) is 19.9. The van der Waals surface area contributed by atoms with E-state index in [1.807, 2.05) is 24.3 Å². The Kier molecular flexibility index (Phi) is 5.08. The van der Waals surface area contributed by atoms with E-state index >= 15 is 0 Å². The van der Waals surface area contributed by atoms with Crippen LogP contribution >= 0.6 is 11.6 Å². The summed E-state index contributed by atoms with van der Waals surface area (Å²) >= 11 is 6.22. The van der Waals surface area contributed by atoms with Crippen LogP contribution in [0.2, 0.25) is 5.02 Å². The summed E-state index contributed by atoms with van der Waals surface area (Å²) < 4.78 is 12.3. The zero-order valence-electron chi connectivity index (χ0n) is 16.0. The number of nitriles is 1. The summed E-state index contributed by atoms with van der Waals surface area (Å²) in [5.41, 5.74) is 2.15.